The number of hydrogen-bond acceptors (Lipinski definition) is 3. The number of pyridine rings is 1. The summed E-state index contributed by atoms with van der Waals surface area (Å²) in [4.78, 5) is 17.4. The lowest BCUT2D eigenvalue weighted by molar-refractivity contribution is -0.142. The molecule has 1 aromatic heterocycles. The Morgan fingerprint density at radius 1 is 1.58 bits per heavy atom. The molecule has 3 unspecified atom stereocenters. The molecule has 1 N–H and O–H groups in total. The van der Waals surface area contributed by atoms with Gasteiger partial charge in [0.1, 0.15) is 5.82 Å². The molecule has 0 aliphatic carbocycles. The van der Waals surface area contributed by atoms with Crippen LogP contribution >= 0.6 is 0 Å². The largest absolute Gasteiger partial charge is 0.481 e. The molecule has 1 aromatic rings. The minimum Gasteiger partial charge on any atom is -0.481 e. The summed E-state index contributed by atoms with van der Waals surface area (Å²) in [7, 11) is 0. The van der Waals surface area contributed by atoms with Gasteiger partial charge in [0.25, 0.3) is 0 Å². The highest BCUT2D eigenvalue weighted by molar-refractivity contribution is 5.71. The summed E-state index contributed by atoms with van der Waals surface area (Å²) < 4.78 is 12.9. The number of carbonyl (C=O) groups is 1. The number of nitrogens with zero attached hydrogens (tertiary/aromatic N) is 2. The normalized spacial score (nSPS) is 25.4. The van der Waals surface area contributed by atoms with Gasteiger partial charge in [0.15, 0.2) is 0 Å². The topological polar surface area (TPSA) is 53.4 Å². The summed E-state index contributed by atoms with van der Waals surface area (Å²) in [5.41, 5.74) is 0.808. The van der Waals surface area contributed by atoms with Crippen LogP contribution in [0, 0.1) is 17.7 Å². The second-order valence-electron chi connectivity index (χ2n) is 5.20. The molecule has 3 atom stereocenters. The molecule has 0 spiro atoms. The van der Waals surface area contributed by atoms with Crippen molar-refractivity contribution in [1.29, 1.82) is 0 Å². The maximum atomic E-state index is 12.9. The van der Waals surface area contributed by atoms with Gasteiger partial charge in [-0.15, -0.1) is 0 Å². The Kier molecular flexibility index (Phi) is 4.14. The molecule has 19 heavy (non-hydrogen) atoms. The van der Waals surface area contributed by atoms with Gasteiger partial charge in [-0.05, 0) is 24.5 Å². The summed E-state index contributed by atoms with van der Waals surface area (Å²) in [5, 5.41) is 9.17. The van der Waals surface area contributed by atoms with Gasteiger partial charge >= 0.3 is 5.97 Å². The molecule has 1 aliphatic heterocycles. The number of aromatic nitrogens is 1. The zero-order valence-corrected chi connectivity index (χ0v) is 11.2. The Morgan fingerprint density at radius 3 is 2.79 bits per heavy atom. The van der Waals surface area contributed by atoms with Crippen molar-refractivity contribution in [2.24, 2.45) is 11.8 Å². The summed E-state index contributed by atoms with van der Waals surface area (Å²) in [5.74, 6) is -1.28. The fourth-order valence-electron chi connectivity index (χ4n) is 2.82. The van der Waals surface area contributed by atoms with Gasteiger partial charge in [-0.3, -0.25) is 14.7 Å². The van der Waals surface area contributed by atoms with E-state index in [9.17, 15) is 14.3 Å². The Balaban J connectivity index is 2.15. The third kappa shape index (κ3) is 2.92. The van der Waals surface area contributed by atoms with Gasteiger partial charge in [-0.25, -0.2) is 4.39 Å². The van der Waals surface area contributed by atoms with Crippen molar-refractivity contribution >= 4 is 5.97 Å². The van der Waals surface area contributed by atoms with E-state index in [0.29, 0.717) is 6.54 Å². The lowest BCUT2D eigenvalue weighted by atomic mass is 9.99. The molecule has 0 bridgehead atoms. The van der Waals surface area contributed by atoms with Gasteiger partial charge in [0, 0.05) is 13.1 Å². The Bertz CT molecular complexity index is 449. The second-order valence-corrected chi connectivity index (χ2v) is 5.20. The SMILES string of the molecule is CCC(c1ccc(F)cn1)N1CC(C)C(C(=O)O)C1. The van der Waals surface area contributed by atoms with Crippen LogP contribution < -0.4 is 0 Å². The van der Waals surface area contributed by atoms with Gasteiger partial charge in [-0.2, -0.15) is 0 Å². The van der Waals surface area contributed by atoms with Crippen LogP contribution in [-0.4, -0.2) is 34.0 Å². The maximum Gasteiger partial charge on any atom is 0.308 e. The monoisotopic (exact) mass is 266 g/mol. The maximum absolute atomic E-state index is 12.9. The average molecular weight is 266 g/mol. The van der Waals surface area contributed by atoms with E-state index in [1.165, 1.54) is 12.3 Å². The van der Waals surface area contributed by atoms with Crippen LogP contribution in [0.1, 0.15) is 32.0 Å². The standard InChI is InChI=1S/C14H19FN2O2/c1-3-13(12-5-4-10(15)6-16-12)17-7-9(2)11(8-17)14(18)19/h4-6,9,11,13H,3,7-8H2,1-2H3,(H,18,19). The van der Waals surface area contributed by atoms with Gasteiger partial charge in [0.2, 0.25) is 0 Å². The first kappa shape index (κ1) is 13.9. The number of halogens is 1. The van der Waals surface area contributed by atoms with E-state index in [-0.39, 0.29) is 23.7 Å². The molecule has 1 saturated heterocycles. The number of carboxylic acids is 1. The Hall–Kier alpha value is -1.49. The number of carboxylic acid groups (broad SMARTS) is 1. The molecule has 5 heteroatoms. The van der Waals surface area contributed by atoms with E-state index >= 15 is 0 Å². The molecule has 104 valence electrons. The lowest BCUT2D eigenvalue weighted by Crippen LogP contribution is -2.28. The fraction of sp³-hybridized carbons (Fsp3) is 0.571. The van der Waals surface area contributed by atoms with Crippen LogP contribution in [-0.2, 0) is 4.79 Å². The number of hydrogen-bond donors (Lipinski definition) is 1. The van der Waals surface area contributed by atoms with Crippen molar-refractivity contribution in [3.8, 4) is 0 Å². The molecule has 4 nitrogen and oxygen atoms in total. The molecule has 0 amide bonds. The van der Waals surface area contributed by atoms with Crippen LogP contribution in [0.3, 0.4) is 0 Å². The van der Waals surface area contributed by atoms with E-state index in [4.69, 9.17) is 0 Å². The third-order valence-electron chi connectivity index (χ3n) is 3.88. The fourth-order valence-corrected chi connectivity index (χ4v) is 2.82. The molecule has 1 fully saturated rings. The molecule has 1 aliphatic rings. The first-order chi connectivity index (χ1) is 9.02. The number of aliphatic carboxylic acids is 1. The van der Waals surface area contributed by atoms with Crippen molar-refractivity contribution in [2.45, 2.75) is 26.3 Å². The van der Waals surface area contributed by atoms with E-state index in [1.807, 2.05) is 13.8 Å². The van der Waals surface area contributed by atoms with Crippen LogP contribution in [0.15, 0.2) is 18.3 Å². The van der Waals surface area contributed by atoms with Crippen LogP contribution in [0.2, 0.25) is 0 Å². The quantitative estimate of drug-likeness (QED) is 0.908. The van der Waals surface area contributed by atoms with E-state index < -0.39 is 5.97 Å². The number of likely N-dealkylation sites (tertiary alicyclic amines) is 1. The van der Waals surface area contributed by atoms with Gasteiger partial charge in [-0.1, -0.05) is 13.8 Å². The predicted molar refractivity (Wildman–Crippen MR) is 69.1 cm³/mol. The zero-order valence-electron chi connectivity index (χ0n) is 11.2. The Labute approximate surface area is 112 Å². The summed E-state index contributed by atoms with van der Waals surface area (Å²) in [6, 6.07) is 3.15. The summed E-state index contributed by atoms with van der Waals surface area (Å²) in [6.07, 6.45) is 2.05. The zero-order chi connectivity index (χ0) is 14.0. The number of rotatable bonds is 4. The van der Waals surface area contributed by atoms with Crippen LogP contribution in [0.4, 0.5) is 4.39 Å². The summed E-state index contributed by atoms with van der Waals surface area (Å²) >= 11 is 0. The molecular weight excluding hydrogens is 247 g/mol. The molecule has 0 saturated carbocycles. The van der Waals surface area contributed by atoms with Crippen LogP contribution in [0.5, 0.6) is 0 Å². The highest BCUT2D eigenvalue weighted by Gasteiger charge is 2.37. The highest BCUT2D eigenvalue weighted by Crippen LogP contribution is 2.32. The van der Waals surface area contributed by atoms with Crippen LogP contribution in [0.25, 0.3) is 0 Å². The lowest BCUT2D eigenvalue weighted by Gasteiger charge is -2.26. The van der Waals surface area contributed by atoms with Gasteiger partial charge < -0.3 is 5.11 Å². The second kappa shape index (κ2) is 5.65. The van der Waals surface area contributed by atoms with E-state index in [1.54, 1.807) is 6.07 Å². The molecule has 0 aromatic carbocycles. The minimum absolute atomic E-state index is 0.0624. The highest BCUT2D eigenvalue weighted by atomic mass is 19.1. The van der Waals surface area contributed by atoms with Crippen molar-refractivity contribution in [3.63, 3.8) is 0 Å². The molecule has 0 radical (unpaired) electrons. The van der Waals surface area contributed by atoms with Crippen molar-refractivity contribution in [1.82, 2.24) is 9.88 Å². The smallest absolute Gasteiger partial charge is 0.308 e. The first-order valence-electron chi connectivity index (χ1n) is 6.61. The molecule has 2 heterocycles. The minimum atomic E-state index is -0.739. The van der Waals surface area contributed by atoms with Crippen molar-refractivity contribution in [2.75, 3.05) is 13.1 Å². The molecular formula is C14H19FN2O2. The molecule has 2 rings (SSSR count). The average Bonchev–Trinajstić information content (AvgIpc) is 2.75. The predicted octanol–water partition coefficient (Wildman–Crippen LogP) is 2.32. The summed E-state index contributed by atoms with van der Waals surface area (Å²) in [6.45, 7) is 5.28. The van der Waals surface area contributed by atoms with E-state index in [0.717, 1.165) is 18.7 Å². The third-order valence-corrected chi connectivity index (χ3v) is 3.88. The Morgan fingerprint density at radius 2 is 2.32 bits per heavy atom. The van der Waals surface area contributed by atoms with Crippen molar-refractivity contribution < 1.29 is 14.3 Å². The van der Waals surface area contributed by atoms with Gasteiger partial charge in [0.05, 0.1) is 23.9 Å². The van der Waals surface area contributed by atoms with Crippen molar-refractivity contribution in [3.05, 3.63) is 29.8 Å². The first-order valence-corrected chi connectivity index (χ1v) is 6.61. The van der Waals surface area contributed by atoms with E-state index in [2.05, 4.69) is 9.88 Å².